The van der Waals surface area contributed by atoms with Gasteiger partial charge < -0.3 is 5.11 Å². The Morgan fingerprint density at radius 2 is 1.50 bits per heavy atom. The smallest absolute Gasteiger partial charge is 0.0687 e. The molecular weight excluding hydrogens is 196 g/mol. The molecule has 0 atom stereocenters. The Morgan fingerprint density at radius 1 is 0.812 bits per heavy atom. The van der Waals surface area contributed by atoms with Gasteiger partial charge in [-0.05, 0) is 16.7 Å². The Morgan fingerprint density at radius 3 is 2.25 bits per heavy atom. The summed E-state index contributed by atoms with van der Waals surface area (Å²) < 4.78 is 0. The largest absolute Gasteiger partial charge is 0.392 e. The van der Waals surface area contributed by atoms with Gasteiger partial charge in [0.25, 0.3) is 0 Å². The topological polar surface area (TPSA) is 20.2 Å². The van der Waals surface area contributed by atoms with E-state index in [1.54, 1.807) is 0 Å². The highest BCUT2D eigenvalue weighted by molar-refractivity contribution is 5.70. The van der Waals surface area contributed by atoms with E-state index in [1.807, 2.05) is 48.5 Å². The average Bonchev–Trinajstić information content (AvgIpc) is 2.38. The molecule has 0 aliphatic heterocycles. The fourth-order valence-corrected chi connectivity index (χ4v) is 1.59. The van der Waals surface area contributed by atoms with Crippen molar-refractivity contribution in [1.29, 1.82) is 0 Å². The molecule has 0 unspecified atom stereocenters. The van der Waals surface area contributed by atoms with E-state index >= 15 is 0 Å². The van der Waals surface area contributed by atoms with E-state index in [1.165, 1.54) is 0 Å². The maximum absolute atomic E-state index is 9.18. The van der Waals surface area contributed by atoms with E-state index in [4.69, 9.17) is 0 Å². The summed E-state index contributed by atoms with van der Waals surface area (Å²) in [6.45, 7) is 0.0787. The maximum Gasteiger partial charge on any atom is 0.0687 e. The Kier molecular flexibility index (Phi) is 3.52. The number of benzene rings is 2. The molecule has 1 heteroatoms. The van der Waals surface area contributed by atoms with Crippen molar-refractivity contribution >= 4 is 12.2 Å². The van der Waals surface area contributed by atoms with Crippen LogP contribution in [0.3, 0.4) is 0 Å². The monoisotopic (exact) mass is 210 g/mol. The fraction of sp³-hybridized carbons (Fsp3) is 0.0667. The van der Waals surface area contributed by atoms with Crippen LogP contribution in [-0.4, -0.2) is 5.11 Å². The van der Waals surface area contributed by atoms with Gasteiger partial charge in [0.05, 0.1) is 6.61 Å². The van der Waals surface area contributed by atoms with Gasteiger partial charge in [-0.1, -0.05) is 66.7 Å². The Balaban J connectivity index is 2.24. The van der Waals surface area contributed by atoms with Crippen molar-refractivity contribution < 1.29 is 5.11 Å². The highest BCUT2D eigenvalue weighted by atomic mass is 16.3. The fourth-order valence-electron chi connectivity index (χ4n) is 1.59. The van der Waals surface area contributed by atoms with Crippen LogP contribution >= 0.6 is 0 Å². The predicted octanol–water partition coefficient (Wildman–Crippen LogP) is 3.35. The SMILES string of the molecule is OCc1ccccc1/C=C\c1ccccc1. The van der Waals surface area contributed by atoms with E-state index in [0.717, 1.165) is 16.7 Å². The van der Waals surface area contributed by atoms with Crippen molar-refractivity contribution in [2.45, 2.75) is 6.61 Å². The predicted molar refractivity (Wildman–Crippen MR) is 67.7 cm³/mol. The van der Waals surface area contributed by atoms with Crippen LogP contribution in [0.5, 0.6) is 0 Å². The second-order valence-electron chi connectivity index (χ2n) is 3.60. The molecule has 0 aliphatic rings. The molecule has 80 valence electrons. The van der Waals surface area contributed by atoms with Crippen molar-refractivity contribution in [2.24, 2.45) is 0 Å². The molecule has 2 rings (SSSR count). The van der Waals surface area contributed by atoms with Gasteiger partial charge in [0, 0.05) is 0 Å². The molecule has 0 saturated carbocycles. The summed E-state index contributed by atoms with van der Waals surface area (Å²) in [6, 6.07) is 18.0. The Labute approximate surface area is 95.7 Å². The normalized spacial score (nSPS) is 10.8. The first kappa shape index (κ1) is 10.7. The molecule has 0 aliphatic carbocycles. The molecule has 0 fully saturated rings. The van der Waals surface area contributed by atoms with Gasteiger partial charge in [-0.15, -0.1) is 0 Å². The highest BCUT2D eigenvalue weighted by Crippen LogP contribution is 2.13. The second-order valence-corrected chi connectivity index (χ2v) is 3.60. The van der Waals surface area contributed by atoms with E-state index in [2.05, 4.69) is 18.2 Å². The zero-order valence-corrected chi connectivity index (χ0v) is 9.01. The molecule has 0 aromatic heterocycles. The van der Waals surface area contributed by atoms with E-state index in [9.17, 15) is 5.11 Å². The lowest BCUT2D eigenvalue weighted by Crippen LogP contribution is -1.86. The van der Waals surface area contributed by atoms with Crippen molar-refractivity contribution in [3.8, 4) is 0 Å². The van der Waals surface area contributed by atoms with Crippen LogP contribution in [0.25, 0.3) is 12.2 Å². The van der Waals surface area contributed by atoms with Crippen LogP contribution in [0, 0.1) is 0 Å². The molecule has 0 spiro atoms. The van der Waals surface area contributed by atoms with Gasteiger partial charge in [-0.3, -0.25) is 0 Å². The van der Waals surface area contributed by atoms with Crippen LogP contribution in [0.2, 0.25) is 0 Å². The van der Waals surface area contributed by atoms with Crippen LogP contribution in [0.15, 0.2) is 54.6 Å². The molecule has 1 N–H and O–H groups in total. The first-order valence-electron chi connectivity index (χ1n) is 5.32. The van der Waals surface area contributed by atoms with E-state index in [-0.39, 0.29) is 6.61 Å². The number of aliphatic hydroxyl groups is 1. The number of hydrogen-bond acceptors (Lipinski definition) is 1. The number of rotatable bonds is 3. The molecule has 1 nitrogen and oxygen atoms in total. The van der Waals surface area contributed by atoms with Gasteiger partial charge in [0.1, 0.15) is 0 Å². The summed E-state index contributed by atoms with van der Waals surface area (Å²) in [7, 11) is 0. The summed E-state index contributed by atoms with van der Waals surface area (Å²) in [4.78, 5) is 0. The van der Waals surface area contributed by atoms with Gasteiger partial charge in [-0.2, -0.15) is 0 Å². The lowest BCUT2D eigenvalue weighted by Gasteiger charge is -2.01. The third-order valence-electron chi connectivity index (χ3n) is 2.48. The highest BCUT2D eigenvalue weighted by Gasteiger charge is 1.95. The zero-order valence-electron chi connectivity index (χ0n) is 9.01. The maximum atomic E-state index is 9.18. The van der Waals surface area contributed by atoms with Gasteiger partial charge in [-0.25, -0.2) is 0 Å². The third-order valence-corrected chi connectivity index (χ3v) is 2.48. The third kappa shape index (κ3) is 2.59. The minimum absolute atomic E-state index is 0.0787. The Bertz CT molecular complexity index is 472. The van der Waals surface area contributed by atoms with Crippen LogP contribution < -0.4 is 0 Å². The summed E-state index contributed by atoms with van der Waals surface area (Å²) in [6.07, 6.45) is 4.08. The molecule has 0 bridgehead atoms. The van der Waals surface area contributed by atoms with Crippen LogP contribution in [0.4, 0.5) is 0 Å². The van der Waals surface area contributed by atoms with Crippen molar-refractivity contribution in [3.05, 3.63) is 71.3 Å². The average molecular weight is 210 g/mol. The van der Waals surface area contributed by atoms with E-state index in [0.29, 0.717) is 0 Å². The first-order valence-corrected chi connectivity index (χ1v) is 5.32. The molecule has 0 saturated heterocycles. The van der Waals surface area contributed by atoms with Crippen LogP contribution in [-0.2, 0) is 6.61 Å². The molecule has 0 amide bonds. The van der Waals surface area contributed by atoms with Gasteiger partial charge >= 0.3 is 0 Å². The molecule has 2 aromatic carbocycles. The van der Waals surface area contributed by atoms with Gasteiger partial charge in [0.2, 0.25) is 0 Å². The summed E-state index contributed by atoms with van der Waals surface area (Å²) >= 11 is 0. The lowest BCUT2D eigenvalue weighted by molar-refractivity contribution is 0.281. The molecular formula is C15H14O. The standard InChI is InChI=1S/C15H14O/c16-12-15-9-5-4-8-14(15)11-10-13-6-2-1-3-7-13/h1-11,16H,12H2/b11-10-. The number of hydrogen-bond donors (Lipinski definition) is 1. The van der Waals surface area contributed by atoms with Crippen LogP contribution in [0.1, 0.15) is 16.7 Å². The molecule has 16 heavy (non-hydrogen) atoms. The minimum Gasteiger partial charge on any atom is -0.392 e. The van der Waals surface area contributed by atoms with Crippen molar-refractivity contribution in [3.63, 3.8) is 0 Å². The number of aliphatic hydroxyl groups excluding tert-OH is 1. The van der Waals surface area contributed by atoms with E-state index < -0.39 is 0 Å². The van der Waals surface area contributed by atoms with Gasteiger partial charge in [0.15, 0.2) is 0 Å². The minimum atomic E-state index is 0.0787. The molecule has 2 aromatic rings. The quantitative estimate of drug-likeness (QED) is 0.770. The Hall–Kier alpha value is -1.86. The van der Waals surface area contributed by atoms with Crippen molar-refractivity contribution in [2.75, 3.05) is 0 Å². The lowest BCUT2D eigenvalue weighted by atomic mass is 10.1. The van der Waals surface area contributed by atoms with Crippen molar-refractivity contribution in [1.82, 2.24) is 0 Å². The zero-order chi connectivity index (χ0) is 11.2. The summed E-state index contributed by atoms with van der Waals surface area (Å²) in [5.41, 5.74) is 3.18. The molecule has 0 radical (unpaired) electrons. The second kappa shape index (κ2) is 5.29. The first-order chi connectivity index (χ1) is 7.90. The summed E-state index contributed by atoms with van der Waals surface area (Å²) in [5.74, 6) is 0. The molecule has 0 heterocycles. The summed E-state index contributed by atoms with van der Waals surface area (Å²) in [5, 5.41) is 9.18.